The molecule has 0 fully saturated rings. The van der Waals surface area contributed by atoms with Gasteiger partial charge in [-0.2, -0.15) is 0 Å². The molecule has 0 spiro atoms. The zero-order chi connectivity index (χ0) is 19.7. The molecule has 0 aromatic carbocycles. The lowest BCUT2D eigenvalue weighted by Gasteiger charge is -2.28. The molecule has 1 aliphatic heterocycles. The number of amides is 1. The predicted molar refractivity (Wildman–Crippen MR) is 117 cm³/mol. The fourth-order valence-electron chi connectivity index (χ4n) is 3.84. The molecule has 0 aliphatic carbocycles. The Balaban J connectivity index is 2.09. The van der Waals surface area contributed by atoms with Gasteiger partial charge < -0.3 is 10.2 Å². The van der Waals surface area contributed by atoms with E-state index in [1.54, 1.807) is 0 Å². The summed E-state index contributed by atoms with van der Waals surface area (Å²) in [7, 11) is 0. The molecule has 0 aromatic rings. The van der Waals surface area contributed by atoms with Gasteiger partial charge in [0.15, 0.2) is 0 Å². The molecule has 1 rings (SSSR count). The molecule has 1 atom stereocenters. The third-order valence-corrected chi connectivity index (χ3v) is 5.57. The average Bonchev–Trinajstić information content (AvgIpc) is 3.12. The lowest BCUT2D eigenvalue weighted by molar-refractivity contribution is -0.122. The van der Waals surface area contributed by atoms with E-state index in [2.05, 4.69) is 36.0 Å². The topological polar surface area (TPSA) is 44.7 Å². The van der Waals surface area contributed by atoms with E-state index in [0.717, 1.165) is 25.9 Å². The standard InChI is InChI=1S/C23H45N3O/c1-4-6-8-10-11-12-13-14-16-18-23(27)25-21(3)26-20-19-24-22(26)17-15-9-7-5-2/h21H,4-20H2,1-3H3,(H,25,27). The van der Waals surface area contributed by atoms with Crippen molar-refractivity contribution in [1.29, 1.82) is 0 Å². The lowest BCUT2D eigenvalue weighted by atomic mass is 10.1. The quantitative estimate of drug-likeness (QED) is 0.312. The van der Waals surface area contributed by atoms with E-state index in [-0.39, 0.29) is 12.1 Å². The summed E-state index contributed by atoms with van der Waals surface area (Å²) in [6.45, 7) is 8.42. The summed E-state index contributed by atoms with van der Waals surface area (Å²) in [4.78, 5) is 19.2. The van der Waals surface area contributed by atoms with Crippen LogP contribution in [0, 0.1) is 0 Å². The van der Waals surface area contributed by atoms with Gasteiger partial charge in [0.05, 0.1) is 12.7 Å². The van der Waals surface area contributed by atoms with Gasteiger partial charge in [0.25, 0.3) is 0 Å². The van der Waals surface area contributed by atoms with Crippen molar-refractivity contribution in [2.75, 3.05) is 13.1 Å². The Morgan fingerprint density at radius 2 is 1.48 bits per heavy atom. The predicted octanol–water partition coefficient (Wildman–Crippen LogP) is 6.05. The second-order valence-electron chi connectivity index (χ2n) is 8.12. The second-order valence-corrected chi connectivity index (χ2v) is 8.12. The van der Waals surface area contributed by atoms with E-state index in [0.29, 0.717) is 6.42 Å². The summed E-state index contributed by atoms with van der Waals surface area (Å²) >= 11 is 0. The molecule has 0 aromatic heterocycles. The maximum absolute atomic E-state index is 12.2. The van der Waals surface area contributed by atoms with Crippen LogP contribution in [-0.4, -0.2) is 35.9 Å². The Labute approximate surface area is 168 Å². The summed E-state index contributed by atoms with van der Waals surface area (Å²) in [5, 5.41) is 3.18. The summed E-state index contributed by atoms with van der Waals surface area (Å²) in [6.07, 6.45) is 18.5. The minimum absolute atomic E-state index is 0.0727. The molecule has 4 heteroatoms. The highest BCUT2D eigenvalue weighted by Gasteiger charge is 2.22. The van der Waals surface area contributed by atoms with Crippen LogP contribution < -0.4 is 5.32 Å². The third kappa shape index (κ3) is 11.4. The molecule has 0 saturated carbocycles. The average molecular weight is 380 g/mol. The van der Waals surface area contributed by atoms with Crippen LogP contribution in [0.25, 0.3) is 0 Å². The highest BCUT2D eigenvalue weighted by Crippen LogP contribution is 2.14. The molecule has 1 N–H and O–H groups in total. The number of hydrogen-bond acceptors (Lipinski definition) is 3. The van der Waals surface area contributed by atoms with E-state index < -0.39 is 0 Å². The van der Waals surface area contributed by atoms with Gasteiger partial charge in [-0.15, -0.1) is 0 Å². The molecule has 4 nitrogen and oxygen atoms in total. The first kappa shape index (κ1) is 24.0. The Hall–Kier alpha value is -1.06. The number of rotatable bonds is 17. The van der Waals surface area contributed by atoms with Crippen molar-refractivity contribution in [1.82, 2.24) is 10.2 Å². The first-order valence-corrected chi connectivity index (χ1v) is 11.8. The highest BCUT2D eigenvalue weighted by atomic mass is 16.1. The van der Waals surface area contributed by atoms with Crippen LogP contribution in [-0.2, 0) is 4.79 Å². The normalized spacial score (nSPS) is 15.1. The maximum atomic E-state index is 12.2. The van der Waals surface area contributed by atoms with Crippen LogP contribution in [0.15, 0.2) is 4.99 Å². The van der Waals surface area contributed by atoms with Gasteiger partial charge in [0.1, 0.15) is 5.84 Å². The summed E-state index contributed by atoms with van der Waals surface area (Å²) in [6, 6.07) is 0. The number of aliphatic imine (C=N–C) groups is 1. The van der Waals surface area contributed by atoms with Crippen molar-refractivity contribution >= 4 is 11.7 Å². The van der Waals surface area contributed by atoms with Crippen molar-refractivity contribution < 1.29 is 4.79 Å². The molecular weight excluding hydrogens is 334 g/mol. The molecule has 158 valence electrons. The van der Waals surface area contributed by atoms with Crippen molar-refractivity contribution in [2.45, 2.75) is 123 Å². The van der Waals surface area contributed by atoms with Crippen LogP contribution in [0.2, 0.25) is 0 Å². The fraction of sp³-hybridized carbons (Fsp3) is 0.913. The Bertz CT molecular complexity index is 408. The minimum atomic E-state index is 0.0727. The molecule has 1 unspecified atom stereocenters. The Morgan fingerprint density at radius 1 is 0.926 bits per heavy atom. The number of nitrogens with zero attached hydrogens (tertiary/aromatic N) is 2. The minimum Gasteiger partial charge on any atom is -0.338 e. The van der Waals surface area contributed by atoms with Crippen molar-refractivity contribution in [2.24, 2.45) is 4.99 Å². The van der Waals surface area contributed by atoms with Crippen LogP contribution in [0.1, 0.15) is 117 Å². The van der Waals surface area contributed by atoms with Crippen LogP contribution in [0.4, 0.5) is 0 Å². The number of nitrogens with one attached hydrogen (secondary N) is 1. The van der Waals surface area contributed by atoms with E-state index >= 15 is 0 Å². The van der Waals surface area contributed by atoms with Gasteiger partial charge in [-0.1, -0.05) is 84.5 Å². The number of amidine groups is 1. The zero-order valence-corrected chi connectivity index (χ0v) is 18.4. The summed E-state index contributed by atoms with van der Waals surface area (Å²) in [5.41, 5.74) is 0. The number of unbranched alkanes of at least 4 members (excludes halogenated alkanes) is 11. The van der Waals surface area contributed by atoms with Crippen molar-refractivity contribution in [3.8, 4) is 0 Å². The molecule has 0 saturated heterocycles. The van der Waals surface area contributed by atoms with Crippen LogP contribution >= 0.6 is 0 Å². The van der Waals surface area contributed by atoms with Crippen molar-refractivity contribution in [3.05, 3.63) is 0 Å². The summed E-state index contributed by atoms with van der Waals surface area (Å²) < 4.78 is 0. The fourth-order valence-corrected chi connectivity index (χ4v) is 3.84. The van der Waals surface area contributed by atoms with E-state index in [4.69, 9.17) is 0 Å². The molecule has 0 radical (unpaired) electrons. The van der Waals surface area contributed by atoms with E-state index in [1.807, 2.05) is 0 Å². The van der Waals surface area contributed by atoms with E-state index in [1.165, 1.54) is 82.9 Å². The zero-order valence-electron chi connectivity index (χ0n) is 18.4. The monoisotopic (exact) mass is 379 g/mol. The molecular formula is C23H45N3O. The Morgan fingerprint density at radius 3 is 2.11 bits per heavy atom. The van der Waals surface area contributed by atoms with Gasteiger partial charge in [-0.25, -0.2) is 0 Å². The van der Waals surface area contributed by atoms with Gasteiger partial charge >= 0.3 is 0 Å². The number of carbonyl (C=O) groups excluding carboxylic acids is 1. The molecule has 1 heterocycles. The Kier molecular flexibility index (Phi) is 14.2. The second kappa shape index (κ2) is 15.9. The molecule has 0 bridgehead atoms. The molecule has 1 amide bonds. The van der Waals surface area contributed by atoms with Gasteiger partial charge in [-0.3, -0.25) is 9.79 Å². The van der Waals surface area contributed by atoms with Gasteiger partial charge in [-0.05, 0) is 19.8 Å². The summed E-state index contributed by atoms with van der Waals surface area (Å²) in [5.74, 6) is 1.39. The van der Waals surface area contributed by atoms with Crippen LogP contribution in [0.3, 0.4) is 0 Å². The lowest BCUT2D eigenvalue weighted by Crippen LogP contribution is -2.47. The molecule has 27 heavy (non-hydrogen) atoms. The number of carbonyl (C=O) groups is 1. The largest absolute Gasteiger partial charge is 0.338 e. The van der Waals surface area contributed by atoms with Crippen LogP contribution in [0.5, 0.6) is 0 Å². The SMILES string of the molecule is CCCCCCCCCCCC(=O)NC(C)N1CCN=C1CCCCCC. The highest BCUT2D eigenvalue weighted by molar-refractivity contribution is 5.84. The van der Waals surface area contributed by atoms with Gasteiger partial charge in [0.2, 0.25) is 5.91 Å². The smallest absolute Gasteiger partial charge is 0.221 e. The van der Waals surface area contributed by atoms with E-state index in [9.17, 15) is 4.79 Å². The van der Waals surface area contributed by atoms with Gasteiger partial charge in [0, 0.05) is 19.4 Å². The number of hydrogen-bond donors (Lipinski definition) is 1. The van der Waals surface area contributed by atoms with Crippen molar-refractivity contribution in [3.63, 3.8) is 0 Å². The first-order chi connectivity index (χ1) is 13.2. The third-order valence-electron chi connectivity index (χ3n) is 5.57. The maximum Gasteiger partial charge on any atom is 0.221 e. The first-order valence-electron chi connectivity index (χ1n) is 11.8. The molecule has 1 aliphatic rings.